The maximum atomic E-state index is 12.1. The minimum absolute atomic E-state index is 0.0305. The van der Waals surface area contributed by atoms with E-state index in [0.717, 1.165) is 12.8 Å². The molecule has 1 aromatic carbocycles. The van der Waals surface area contributed by atoms with Gasteiger partial charge in [-0.05, 0) is 24.8 Å². The molecule has 3 atom stereocenters. The van der Waals surface area contributed by atoms with Gasteiger partial charge in [-0.1, -0.05) is 57.2 Å². The van der Waals surface area contributed by atoms with Crippen LogP contribution >= 0.6 is 0 Å². The van der Waals surface area contributed by atoms with Crippen LogP contribution in [0.5, 0.6) is 0 Å². The second-order valence-corrected chi connectivity index (χ2v) is 5.54. The van der Waals surface area contributed by atoms with E-state index in [0.29, 0.717) is 11.7 Å². The molecule has 1 N–H and O–H groups in total. The van der Waals surface area contributed by atoms with Crippen LogP contribution in [0.3, 0.4) is 0 Å². The molecule has 4 nitrogen and oxygen atoms in total. The lowest BCUT2D eigenvalue weighted by molar-refractivity contribution is 0.0860. The molecule has 1 amide bonds. The molecule has 22 heavy (non-hydrogen) atoms. The van der Waals surface area contributed by atoms with Crippen LogP contribution in [0, 0.1) is 5.92 Å². The Hall–Kier alpha value is -1.97. The summed E-state index contributed by atoms with van der Waals surface area (Å²) in [5.41, 5.74) is 1.20. The SMILES string of the molecule is C=C(OC)C(C)OC(=O)NC(Cc1ccccc1)C(C)CC. The van der Waals surface area contributed by atoms with Crippen molar-refractivity contribution >= 4 is 6.09 Å². The summed E-state index contributed by atoms with van der Waals surface area (Å²) in [6, 6.07) is 10.2. The van der Waals surface area contributed by atoms with Gasteiger partial charge in [0.2, 0.25) is 0 Å². The fourth-order valence-corrected chi connectivity index (χ4v) is 2.12. The van der Waals surface area contributed by atoms with E-state index in [1.165, 1.54) is 12.7 Å². The van der Waals surface area contributed by atoms with Crippen molar-refractivity contribution in [3.63, 3.8) is 0 Å². The number of carbonyl (C=O) groups excluding carboxylic acids is 1. The largest absolute Gasteiger partial charge is 0.498 e. The van der Waals surface area contributed by atoms with Crippen molar-refractivity contribution in [1.29, 1.82) is 0 Å². The smallest absolute Gasteiger partial charge is 0.408 e. The van der Waals surface area contributed by atoms with Crippen LogP contribution in [-0.2, 0) is 15.9 Å². The first-order chi connectivity index (χ1) is 10.5. The lowest BCUT2D eigenvalue weighted by Crippen LogP contribution is -2.42. The molecule has 0 fully saturated rings. The van der Waals surface area contributed by atoms with Gasteiger partial charge in [0.1, 0.15) is 5.76 Å². The zero-order chi connectivity index (χ0) is 16.5. The van der Waals surface area contributed by atoms with Gasteiger partial charge in [0, 0.05) is 6.04 Å². The van der Waals surface area contributed by atoms with Crippen molar-refractivity contribution in [3.8, 4) is 0 Å². The van der Waals surface area contributed by atoms with Gasteiger partial charge in [0.15, 0.2) is 6.10 Å². The van der Waals surface area contributed by atoms with Gasteiger partial charge in [-0.2, -0.15) is 0 Å². The maximum Gasteiger partial charge on any atom is 0.408 e. The Balaban J connectivity index is 2.65. The molecule has 0 aliphatic carbocycles. The summed E-state index contributed by atoms with van der Waals surface area (Å²) in [6.07, 6.45) is 0.856. The number of carbonyl (C=O) groups is 1. The second-order valence-electron chi connectivity index (χ2n) is 5.54. The Morgan fingerprint density at radius 3 is 2.45 bits per heavy atom. The summed E-state index contributed by atoms with van der Waals surface area (Å²) in [6.45, 7) is 9.68. The lowest BCUT2D eigenvalue weighted by atomic mass is 9.93. The molecular weight excluding hydrogens is 278 g/mol. The summed E-state index contributed by atoms with van der Waals surface area (Å²) < 4.78 is 10.3. The minimum Gasteiger partial charge on any atom is -0.498 e. The first-order valence-corrected chi connectivity index (χ1v) is 7.71. The summed E-state index contributed by atoms with van der Waals surface area (Å²) in [5.74, 6) is 0.784. The van der Waals surface area contributed by atoms with Crippen LogP contribution in [0.4, 0.5) is 4.79 Å². The first-order valence-electron chi connectivity index (χ1n) is 7.71. The van der Waals surface area contributed by atoms with E-state index in [9.17, 15) is 4.79 Å². The monoisotopic (exact) mass is 305 g/mol. The van der Waals surface area contributed by atoms with Crippen molar-refractivity contribution in [3.05, 3.63) is 48.2 Å². The van der Waals surface area contributed by atoms with E-state index in [4.69, 9.17) is 9.47 Å². The van der Waals surface area contributed by atoms with Gasteiger partial charge < -0.3 is 14.8 Å². The zero-order valence-electron chi connectivity index (χ0n) is 14.0. The molecule has 0 aliphatic heterocycles. The van der Waals surface area contributed by atoms with Gasteiger partial charge in [-0.15, -0.1) is 0 Å². The number of methoxy groups -OCH3 is 1. The van der Waals surface area contributed by atoms with Crippen LogP contribution in [-0.4, -0.2) is 25.3 Å². The molecule has 0 radical (unpaired) electrons. The van der Waals surface area contributed by atoms with Crippen molar-refractivity contribution in [1.82, 2.24) is 5.32 Å². The molecule has 0 saturated heterocycles. The molecule has 4 heteroatoms. The Morgan fingerprint density at radius 1 is 1.27 bits per heavy atom. The average Bonchev–Trinajstić information content (AvgIpc) is 2.53. The van der Waals surface area contributed by atoms with E-state index in [1.54, 1.807) is 6.92 Å². The molecule has 1 rings (SSSR count). The Kier molecular flexibility index (Phi) is 7.50. The molecular formula is C18H27NO3. The van der Waals surface area contributed by atoms with Gasteiger partial charge in [-0.3, -0.25) is 0 Å². The second kappa shape index (κ2) is 9.13. The van der Waals surface area contributed by atoms with E-state index < -0.39 is 12.2 Å². The summed E-state index contributed by atoms with van der Waals surface area (Å²) in [5, 5.41) is 2.97. The predicted molar refractivity (Wildman–Crippen MR) is 88.6 cm³/mol. The highest BCUT2D eigenvalue weighted by Crippen LogP contribution is 2.14. The molecule has 0 heterocycles. The number of alkyl carbamates (subject to hydrolysis) is 1. The molecule has 1 aromatic rings. The third-order valence-electron chi connectivity index (χ3n) is 3.93. The van der Waals surface area contributed by atoms with Crippen LogP contribution in [0.25, 0.3) is 0 Å². The van der Waals surface area contributed by atoms with Crippen molar-refractivity contribution in [2.24, 2.45) is 5.92 Å². The fraction of sp³-hybridized carbons (Fsp3) is 0.500. The Labute approximate surface area is 133 Å². The minimum atomic E-state index is -0.473. The highest BCUT2D eigenvalue weighted by atomic mass is 16.6. The summed E-state index contributed by atoms with van der Waals surface area (Å²) in [4.78, 5) is 12.1. The number of ether oxygens (including phenoxy) is 2. The first kappa shape index (κ1) is 18.1. The lowest BCUT2D eigenvalue weighted by Gasteiger charge is -2.25. The molecule has 122 valence electrons. The van der Waals surface area contributed by atoms with Crippen molar-refractivity contribution in [2.45, 2.75) is 45.8 Å². The van der Waals surface area contributed by atoms with Crippen LogP contribution in [0.15, 0.2) is 42.7 Å². The van der Waals surface area contributed by atoms with Crippen LogP contribution in [0.1, 0.15) is 32.8 Å². The van der Waals surface area contributed by atoms with Gasteiger partial charge >= 0.3 is 6.09 Å². The predicted octanol–water partition coefficient (Wildman–Crippen LogP) is 3.92. The number of nitrogens with one attached hydrogen (secondary N) is 1. The molecule has 3 unspecified atom stereocenters. The van der Waals surface area contributed by atoms with Crippen LogP contribution < -0.4 is 5.32 Å². The van der Waals surface area contributed by atoms with Gasteiger partial charge in [0.05, 0.1) is 7.11 Å². The number of hydrogen-bond donors (Lipinski definition) is 1. The third kappa shape index (κ3) is 5.80. The Morgan fingerprint density at radius 2 is 1.91 bits per heavy atom. The molecule has 0 bridgehead atoms. The summed E-state index contributed by atoms with van der Waals surface area (Å²) >= 11 is 0. The molecule has 0 aromatic heterocycles. The van der Waals surface area contributed by atoms with E-state index >= 15 is 0 Å². The molecule has 0 spiro atoms. The maximum absolute atomic E-state index is 12.1. The number of amides is 1. The van der Waals surface area contributed by atoms with Crippen LogP contribution in [0.2, 0.25) is 0 Å². The number of benzene rings is 1. The normalized spacial score (nSPS) is 14.5. The zero-order valence-corrected chi connectivity index (χ0v) is 14.0. The fourth-order valence-electron chi connectivity index (χ4n) is 2.12. The number of rotatable bonds is 8. The summed E-state index contributed by atoms with van der Waals surface area (Å²) in [7, 11) is 1.51. The average molecular weight is 305 g/mol. The standard InChI is InChI=1S/C18H27NO3/c1-6-13(2)17(12-16-10-8-7-9-11-16)19-18(20)22-15(4)14(3)21-5/h7-11,13,15,17H,3,6,12H2,1-2,4-5H3,(H,19,20). The van der Waals surface area contributed by atoms with E-state index in [-0.39, 0.29) is 6.04 Å². The van der Waals surface area contributed by atoms with Crippen molar-refractivity contribution in [2.75, 3.05) is 7.11 Å². The van der Waals surface area contributed by atoms with E-state index in [1.807, 2.05) is 18.2 Å². The topological polar surface area (TPSA) is 47.6 Å². The number of hydrogen-bond acceptors (Lipinski definition) is 3. The molecule has 0 saturated carbocycles. The van der Waals surface area contributed by atoms with E-state index in [2.05, 4.69) is 37.9 Å². The highest BCUT2D eigenvalue weighted by Gasteiger charge is 2.21. The third-order valence-corrected chi connectivity index (χ3v) is 3.93. The van der Waals surface area contributed by atoms with Crippen molar-refractivity contribution < 1.29 is 14.3 Å². The van der Waals surface area contributed by atoms with Gasteiger partial charge in [0.25, 0.3) is 0 Å². The quantitative estimate of drug-likeness (QED) is 0.741. The highest BCUT2D eigenvalue weighted by molar-refractivity contribution is 5.68. The molecule has 0 aliphatic rings. The Bertz CT molecular complexity index is 472. The van der Waals surface area contributed by atoms with Gasteiger partial charge in [-0.25, -0.2) is 4.79 Å².